The number of amides is 2. The lowest BCUT2D eigenvalue weighted by atomic mass is 10.0. The quantitative estimate of drug-likeness (QED) is 0.864. The summed E-state index contributed by atoms with van der Waals surface area (Å²) in [5.41, 5.74) is 1.27. The van der Waals surface area contributed by atoms with Gasteiger partial charge in [0.2, 0.25) is 5.91 Å². The lowest BCUT2D eigenvalue weighted by molar-refractivity contribution is -0.130. The SMILES string of the molecule is Cc1ccc(O[C@H]2COCC[C@H]2NC(=O)C2=NN(C)C(=O)CC2)cn1. The Hall–Kier alpha value is -2.48. The van der Waals surface area contributed by atoms with Crippen LogP contribution in [0, 0.1) is 6.92 Å². The van der Waals surface area contributed by atoms with Gasteiger partial charge in [-0.2, -0.15) is 5.10 Å². The molecule has 2 atom stereocenters. The summed E-state index contributed by atoms with van der Waals surface area (Å²) in [4.78, 5) is 28.2. The topological polar surface area (TPSA) is 93.1 Å². The number of rotatable bonds is 4. The predicted molar refractivity (Wildman–Crippen MR) is 90.2 cm³/mol. The van der Waals surface area contributed by atoms with Crippen molar-refractivity contribution in [2.45, 2.75) is 38.3 Å². The summed E-state index contributed by atoms with van der Waals surface area (Å²) in [5.74, 6) is 0.290. The molecule has 1 fully saturated rings. The molecule has 134 valence electrons. The van der Waals surface area contributed by atoms with E-state index in [1.165, 1.54) is 5.01 Å². The van der Waals surface area contributed by atoms with E-state index in [1.807, 2.05) is 19.1 Å². The summed E-state index contributed by atoms with van der Waals surface area (Å²) in [7, 11) is 1.56. The molecule has 1 aromatic rings. The van der Waals surface area contributed by atoms with Gasteiger partial charge in [-0.3, -0.25) is 14.6 Å². The summed E-state index contributed by atoms with van der Waals surface area (Å²) in [6.45, 7) is 2.86. The van der Waals surface area contributed by atoms with Crippen LogP contribution >= 0.6 is 0 Å². The third-order valence-corrected chi connectivity index (χ3v) is 4.26. The van der Waals surface area contributed by atoms with Crippen LogP contribution in [0.1, 0.15) is 25.0 Å². The first-order valence-corrected chi connectivity index (χ1v) is 8.35. The second-order valence-corrected chi connectivity index (χ2v) is 6.20. The number of carbonyl (C=O) groups excluding carboxylic acids is 2. The molecule has 1 saturated heterocycles. The molecular weight excluding hydrogens is 324 g/mol. The van der Waals surface area contributed by atoms with Crippen molar-refractivity contribution < 1.29 is 19.1 Å². The van der Waals surface area contributed by atoms with E-state index in [-0.39, 0.29) is 24.0 Å². The maximum atomic E-state index is 12.5. The van der Waals surface area contributed by atoms with Crippen molar-refractivity contribution in [1.82, 2.24) is 15.3 Å². The number of nitrogens with one attached hydrogen (secondary N) is 1. The minimum Gasteiger partial charge on any atom is -0.484 e. The molecular formula is C17H22N4O4. The number of ether oxygens (including phenoxy) is 2. The normalized spacial score (nSPS) is 23.8. The van der Waals surface area contributed by atoms with Gasteiger partial charge in [-0.25, -0.2) is 5.01 Å². The highest BCUT2D eigenvalue weighted by atomic mass is 16.5. The molecule has 0 saturated carbocycles. The van der Waals surface area contributed by atoms with E-state index in [4.69, 9.17) is 9.47 Å². The van der Waals surface area contributed by atoms with Gasteiger partial charge in [0.15, 0.2) is 0 Å². The summed E-state index contributed by atoms with van der Waals surface area (Å²) < 4.78 is 11.4. The average molecular weight is 346 g/mol. The van der Waals surface area contributed by atoms with Crippen LogP contribution in [0.15, 0.2) is 23.4 Å². The number of aryl methyl sites for hydroxylation is 1. The number of carbonyl (C=O) groups is 2. The van der Waals surface area contributed by atoms with Gasteiger partial charge < -0.3 is 14.8 Å². The molecule has 8 nitrogen and oxygen atoms in total. The number of aromatic nitrogens is 1. The van der Waals surface area contributed by atoms with Gasteiger partial charge in [0.05, 0.1) is 18.8 Å². The standard InChI is InChI=1S/C17H22N4O4/c1-11-3-4-12(9-18-11)25-15-10-24-8-7-13(15)19-17(23)14-5-6-16(22)21(2)20-14/h3-4,9,13,15H,5-8,10H2,1-2H3,(H,19,23)/t13-,15+/m1/s1. The molecule has 2 aliphatic rings. The van der Waals surface area contributed by atoms with Crippen molar-refractivity contribution in [3.8, 4) is 5.75 Å². The van der Waals surface area contributed by atoms with Crippen molar-refractivity contribution in [1.29, 1.82) is 0 Å². The van der Waals surface area contributed by atoms with Gasteiger partial charge in [-0.05, 0) is 25.5 Å². The summed E-state index contributed by atoms with van der Waals surface area (Å²) >= 11 is 0. The fourth-order valence-electron chi connectivity index (χ4n) is 2.78. The van der Waals surface area contributed by atoms with Crippen LogP contribution in [0.5, 0.6) is 5.75 Å². The zero-order valence-electron chi connectivity index (χ0n) is 14.4. The average Bonchev–Trinajstić information content (AvgIpc) is 2.61. The molecule has 2 amide bonds. The van der Waals surface area contributed by atoms with Crippen LogP contribution < -0.4 is 10.1 Å². The molecule has 3 rings (SSSR count). The van der Waals surface area contributed by atoms with Gasteiger partial charge in [0.1, 0.15) is 17.6 Å². The first-order chi connectivity index (χ1) is 12.0. The van der Waals surface area contributed by atoms with E-state index in [2.05, 4.69) is 15.4 Å². The van der Waals surface area contributed by atoms with Crippen LogP contribution in [0.4, 0.5) is 0 Å². The van der Waals surface area contributed by atoms with E-state index in [1.54, 1.807) is 13.2 Å². The Kier molecular flexibility index (Phi) is 5.28. The maximum absolute atomic E-state index is 12.5. The van der Waals surface area contributed by atoms with Crippen LogP contribution in [-0.4, -0.2) is 59.9 Å². The Labute approximate surface area is 146 Å². The molecule has 25 heavy (non-hydrogen) atoms. The number of nitrogens with zero attached hydrogens (tertiary/aromatic N) is 3. The molecule has 0 spiro atoms. The highest BCUT2D eigenvalue weighted by molar-refractivity contribution is 6.39. The zero-order chi connectivity index (χ0) is 17.8. The second kappa shape index (κ2) is 7.60. The van der Waals surface area contributed by atoms with E-state index >= 15 is 0 Å². The van der Waals surface area contributed by atoms with Crippen molar-refractivity contribution in [3.05, 3.63) is 24.0 Å². The summed E-state index contributed by atoms with van der Waals surface area (Å²) in [6, 6.07) is 3.53. The summed E-state index contributed by atoms with van der Waals surface area (Å²) in [5, 5.41) is 8.24. The minimum atomic E-state index is -0.300. The molecule has 0 aromatic carbocycles. The monoisotopic (exact) mass is 346 g/mol. The Balaban J connectivity index is 1.64. The predicted octanol–water partition coefficient (Wildman–Crippen LogP) is 0.651. The van der Waals surface area contributed by atoms with Gasteiger partial charge in [-0.1, -0.05) is 0 Å². The van der Waals surface area contributed by atoms with Crippen molar-refractivity contribution in [3.63, 3.8) is 0 Å². The van der Waals surface area contributed by atoms with Crippen molar-refractivity contribution in [2.24, 2.45) is 5.10 Å². The third kappa shape index (κ3) is 4.33. The third-order valence-electron chi connectivity index (χ3n) is 4.26. The fraction of sp³-hybridized carbons (Fsp3) is 0.529. The molecule has 3 heterocycles. The molecule has 2 aliphatic heterocycles. The largest absolute Gasteiger partial charge is 0.484 e. The minimum absolute atomic E-state index is 0.0873. The lowest BCUT2D eigenvalue weighted by Gasteiger charge is -2.32. The number of hydrazone groups is 1. The van der Waals surface area contributed by atoms with Crippen molar-refractivity contribution >= 4 is 17.5 Å². The molecule has 0 aliphatic carbocycles. The van der Waals surface area contributed by atoms with Crippen LogP contribution in [-0.2, 0) is 14.3 Å². The highest BCUT2D eigenvalue weighted by Crippen LogP contribution is 2.18. The Morgan fingerprint density at radius 3 is 2.96 bits per heavy atom. The Bertz CT molecular complexity index is 674. The number of hydrogen-bond acceptors (Lipinski definition) is 6. The van der Waals surface area contributed by atoms with Gasteiger partial charge >= 0.3 is 0 Å². The van der Waals surface area contributed by atoms with Crippen LogP contribution in [0.2, 0.25) is 0 Å². The zero-order valence-corrected chi connectivity index (χ0v) is 14.4. The Morgan fingerprint density at radius 2 is 2.24 bits per heavy atom. The molecule has 1 N–H and O–H groups in total. The van der Waals surface area contributed by atoms with Gasteiger partial charge in [-0.15, -0.1) is 0 Å². The Morgan fingerprint density at radius 1 is 1.40 bits per heavy atom. The summed E-state index contributed by atoms with van der Waals surface area (Å²) in [6.07, 6.45) is 2.66. The number of pyridine rings is 1. The van der Waals surface area contributed by atoms with Crippen LogP contribution in [0.3, 0.4) is 0 Å². The molecule has 8 heteroatoms. The van der Waals surface area contributed by atoms with E-state index in [9.17, 15) is 9.59 Å². The lowest BCUT2D eigenvalue weighted by Crippen LogP contribution is -2.53. The van der Waals surface area contributed by atoms with Crippen molar-refractivity contribution in [2.75, 3.05) is 20.3 Å². The molecule has 0 radical (unpaired) electrons. The first-order valence-electron chi connectivity index (χ1n) is 8.35. The second-order valence-electron chi connectivity index (χ2n) is 6.20. The van der Waals surface area contributed by atoms with Crippen LogP contribution in [0.25, 0.3) is 0 Å². The van der Waals surface area contributed by atoms with E-state index in [0.29, 0.717) is 43.9 Å². The maximum Gasteiger partial charge on any atom is 0.267 e. The van der Waals surface area contributed by atoms with E-state index < -0.39 is 0 Å². The van der Waals surface area contributed by atoms with Gasteiger partial charge in [0, 0.05) is 32.2 Å². The number of hydrogen-bond donors (Lipinski definition) is 1. The molecule has 0 unspecified atom stereocenters. The smallest absolute Gasteiger partial charge is 0.267 e. The molecule has 0 bridgehead atoms. The highest BCUT2D eigenvalue weighted by Gasteiger charge is 2.31. The molecule has 1 aromatic heterocycles. The first kappa shape index (κ1) is 17.3. The fourth-order valence-corrected chi connectivity index (χ4v) is 2.78. The van der Waals surface area contributed by atoms with E-state index in [0.717, 1.165) is 5.69 Å². The van der Waals surface area contributed by atoms with Gasteiger partial charge in [0.25, 0.3) is 5.91 Å².